The minimum absolute atomic E-state index is 0.168. The molecule has 1 saturated heterocycles. The zero-order valence-electron chi connectivity index (χ0n) is 26.1. The number of ether oxygens (including phenoxy) is 4. The molecule has 0 unspecified atom stereocenters. The fourth-order valence-corrected chi connectivity index (χ4v) is 5.54. The van der Waals surface area contributed by atoms with Gasteiger partial charge in [0, 0.05) is 12.8 Å². The highest BCUT2D eigenvalue weighted by atomic mass is 32.2. The lowest BCUT2D eigenvalue weighted by Crippen LogP contribution is -2.60. The van der Waals surface area contributed by atoms with Crippen LogP contribution in [-0.2, 0) is 38.7 Å². The van der Waals surface area contributed by atoms with Gasteiger partial charge < -0.3 is 34.3 Å². The third kappa shape index (κ3) is 18.9. The van der Waals surface area contributed by atoms with E-state index in [0.29, 0.717) is 12.8 Å². The maximum atomic E-state index is 12.5. The lowest BCUT2D eigenvalue weighted by Gasteiger charge is -2.40. The van der Waals surface area contributed by atoms with E-state index in [9.17, 15) is 33.3 Å². The summed E-state index contributed by atoms with van der Waals surface area (Å²) in [6.07, 6.45) is 6.53. The molecule has 0 radical (unpaired) electrons. The van der Waals surface area contributed by atoms with Gasteiger partial charge in [-0.05, 0) is 12.8 Å². The summed E-state index contributed by atoms with van der Waals surface area (Å²) in [6, 6.07) is 0. The second-order valence-corrected chi connectivity index (χ2v) is 13.0. The summed E-state index contributed by atoms with van der Waals surface area (Å²) in [4.78, 5) is 24.9. The van der Waals surface area contributed by atoms with E-state index in [4.69, 9.17) is 23.5 Å². The topological polar surface area (TPSA) is 186 Å². The number of carbonyl (C=O) groups excluding carboxylic acids is 2. The Morgan fingerprint density at radius 1 is 0.698 bits per heavy atom. The van der Waals surface area contributed by atoms with Crippen LogP contribution in [0.4, 0.5) is 0 Å². The molecule has 0 aromatic heterocycles. The van der Waals surface area contributed by atoms with Gasteiger partial charge in [-0.25, -0.2) is 0 Å². The number of esters is 2. The van der Waals surface area contributed by atoms with Gasteiger partial charge in [-0.1, -0.05) is 97.3 Å². The maximum Gasteiger partial charge on any atom is 0.306 e. The van der Waals surface area contributed by atoms with Crippen LogP contribution >= 0.6 is 0 Å². The Kier molecular flexibility index (Phi) is 21.3. The zero-order chi connectivity index (χ0) is 32.1. The highest BCUT2D eigenvalue weighted by molar-refractivity contribution is 7.85. The van der Waals surface area contributed by atoms with Gasteiger partial charge in [0.2, 0.25) is 0 Å². The van der Waals surface area contributed by atoms with Crippen LogP contribution in [0.15, 0.2) is 0 Å². The third-order valence-corrected chi connectivity index (χ3v) is 8.19. The Balaban J connectivity index is 2.63. The van der Waals surface area contributed by atoms with Crippen LogP contribution in [0.5, 0.6) is 0 Å². The fraction of sp³-hybridized carbons (Fsp3) is 0.933. The molecule has 0 spiro atoms. The smallest absolute Gasteiger partial charge is 0.306 e. The number of hydrogen-bond acceptors (Lipinski definition) is 11. The van der Waals surface area contributed by atoms with Gasteiger partial charge >= 0.3 is 11.9 Å². The number of unbranched alkanes of at least 4 members (excludes halogenated alkanes) is 13. The standard InChI is InChI=1S/C30H56O12S/c1-3-5-7-9-11-13-15-17-19-26(32)41-23(20-39-25(31)18-16-14-12-10-8-6-4-2)21-40-30-29(35)28(34)27(33)24(42-30)22-43(36,37)38/h23-24,27-30,33-35H,3-22H2,1-2H3,(H,36,37,38)/t23-,24-,27-,28+,29-,30-/m1/s1. The lowest BCUT2D eigenvalue weighted by atomic mass is 10.00. The largest absolute Gasteiger partial charge is 0.462 e. The van der Waals surface area contributed by atoms with Gasteiger partial charge in [0.25, 0.3) is 10.1 Å². The normalized spacial score (nSPS) is 23.2. The first-order chi connectivity index (χ1) is 20.5. The molecule has 6 atom stereocenters. The third-order valence-electron chi connectivity index (χ3n) is 7.44. The van der Waals surface area contributed by atoms with Gasteiger partial charge in [-0.2, -0.15) is 8.42 Å². The van der Waals surface area contributed by atoms with Gasteiger partial charge in [-0.3, -0.25) is 14.1 Å². The van der Waals surface area contributed by atoms with E-state index in [0.717, 1.165) is 38.5 Å². The minimum atomic E-state index is -4.58. The van der Waals surface area contributed by atoms with Crippen molar-refractivity contribution < 1.29 is 56.8 Å². The van der Waals surface area contributed by atoms with Crippen molar-refractivity contribution >= 4 is 22.1 Å². The van der Waals surface area contributed by atoms with Gasteiger partial charge in [-0.15, -0.1) is 0 Å². The SMILES string of the molecule is CCCCCCCCCCC(=O)O[C@H](COC(=O)CCCCCCCCC)CO[C@@H]1O[C@H](CS(=O)(=O)O)[C@@H](O)[C@H](O)[C@H]1O. The summed E-state index contributed by atoms with van der Waals surface area (Å²) >= 11 is 0. The molecular formula is C30H56O12S. The summed E-state index contributed by atoms with van der Waals surface area (Å²) in [5.74, 6) is -1.99. The summed E-state index contributed by atoms with van der Waals surface area (Å²) in [5, 5.41) is 30.5. The number of aliphatic hydroxyl groups excluding tert-OH is 3. The molecule has 0 aliphatic carbocycles. The first-order valence-corrected chi connectivity index (χ1v) is 17.7. The van der Waals surface area contributed by atoms with Crippen LogP contribution in [0.25, 0.3) is 0 Å². The summed E-state index contributed by atoms with van der Waals surface area (Å²) in [6.45, 7) is 3.61. The second kappa shape index (κ2) is 23.1. The predicted molar refractivity (Wildman–Crippen MR) is 160 cm³/mol. The van der Waals surface area contributed by atoms with E-state index in [-0.39, 0.29) is 19.4 Å². The van der Waals surface area contributed by atoms with Crippen LogP contribution in [0.1, 0.15) is 123 Å². The van der Waals surface area contributed by atoms with Crippen LogP contribution in [0.3, 0.4) is 0 Å². The Bertz CT molecular complexity index is 852. The summed E-state index contributed by atoms with van der Waals surface area (Å²) < 4.78 is 53.3. The zero-order valence-corrected chi connectivity index (χ0v) is 26.9. The highest BCUT2D eigenvalue weighted by Gasteiger charge is 2.46. The molecule has 0 amide bonds. The predicted octanol–water partition coefficient (Wildman–Crippen LogP) is 3.82. The first kappa shape index (κ1) is 39.7. The van der Waals surface area contributed by atoms with Gasteiger partial charge in [0.15, 0.2) is 12.4 Å². The molecule has 4 N–H and O–H groups in total. The van der Waals surface area contributed by atoms with E-state index in [1.54, 1.807) is 0 Å². The Hall–Kier alpha value is -1.35. The monoisotopic (exact) mass is 640 g/mol. The molecule has 254 valence electrons. The molecular weight excluding hydrogens is 584 g/mol. The summed E-state index contributed by atoms with van der Waals surface area (Å²) in [7, 11) is -4.58. The van der Waals surface area contributed by atoms with E-state index >= 15 is 0 Å². The van der Waals surface area contributed by atoms with Crippen molar-refractivity contribution in [3.05, 3.63) is 0 Å². The number of hydrogen-bond donors (Lipinski definition) is 4. The lowest BCUT2D eigenvalue weighted by molar-refractivity contribution is -0.297. The van der Waals surface area contributed by atoms with Crippen LogP contribution in [-0.4, -0.2) is 96.0 Å². The van der Waals surface area contributed by atoms with E-state index in [1.165, 1.54) is 44.9 Å². The molecule has 0 aromatic rings. The molecule has 13 heteroatoms. The van der Waals surface area contributed by atoms with Crippen LogP contribution in [0, 0.1) is 0 Å². The van der Waals surface area contributed by atoms with Crippen LogP contribution in [0.2, 0.25) is 0 Å². The number of carbonyl (C=O) groups is 2. The number of rotatable bonds is 25. The molecule has 1 fully saturated rings. The van der Waals surface area contributed by atoms with Crippen molar-refractivity contribution in [2.24, 2.45) is 0 Å². The Labute approximate surface area is 257 Å². The molecule has 0 bridgehead atoms. The molecule has 1 aliphatic rings. The molecule has 1 aliphatic heterocycles. The summed E-state index contributed by atoms with van der Waals surface area (Å²) in [5.41, 5.74) is 0. The molecule has 1 rings (SSSR count). The highest BCUT2D eigenvalue weighted by Crippen LogP contribution is 2.23. The first-order valence-electron chi connectivity index (χ1n) is 16.1. The van der Waals surface area contributed by atoms with Crippen LogP contribution < -0.4 is 0 Å². The van der Waals surface area contributed by atoms with Crippen molar-refractivity contribution in [3.8, 4) is 0 Å². The van der Waals surface area contributed by atoms with Gasteiger partial charge in [0.1, 0.15) is 36.8 Å². The minimum Gasteiger partial charge on any atom is -0.462 e. The molecule has 12 nitrogen and oxygen atoms in total. The van der Waals surface area contributed by atoms with Crippen molar-refractivity contribution in [2.75, 3.05) is 19.0 Å². The second-order valence-electron chi connectivity index (χ2n) is 11.5. The van der Waals surface area contributed by atoms with E-state index in [1.807, 2.05) is 0 Å². The van der Waals surface area contributed by atoms with Crippen molar-refractivity contribution in [3.63, 3.8) is 0 Å². The average molecular weight is 641 g/mol. The number of aliphatic hydroxyl groups is 3. The Morgan fingerprint density at radius 2 is 1.19 bits per heavy atom. The average Bonchev–Trinajstić information content (AvgIpc) is 2.95. The Morgan fingerprint density at radius 3 is 1.70 bits per heavy atom. The van der Waals surface area contributed by atoms with Crippen molar-refractivity contribution in [1.29, 1.82) is 0 Å². The molecule has 43 heavy (non-hydrogen) atoms. The molecule has 0 saturated carbocycles. The van der Waals surface area contributed by atoms with E-state index in [2.05, 4.69) is 13.8 Å². The maximum absolute atomic E-state index is 12.5. The van der Waals surface area contributed by atoms with Crippen molar-refractivity contribution in [1.82, 2.24) is 0 Å². The molecule has 0 aromatic carbocycles. The van der Waals surface area contributed by atoms with E-state index < -0.39 is 71.2 Å². The van der Waals surface area contributed by atoms with Gasteiger partial charge in [0.05, 0.1) is 6.61 Å². The molecule has 1 heterocycles. The van der Waals surface area contributed by atoms with Crippen molar-refractivity contribution in [2.45, 2.75) is 160 Å². The fourth-order valence-electron chi connectivity index (χ4n) is 4.85. The quantitative estimate of drug-likeness (QED) is 0.0643.